The summed E-state index contributed by atoms with van der Waals surface area (Å²) in [6.07, 6.45) is 3.04. The Morgan fingerprint density at radius 1 is 1.71 bits per heavy atom. The zero-order chi connectivity index (χ0) is 12.4. The number of aromatic amines is 1. The van der Waals surface area contributed by atoms with E-state index in [4.69, 9.17) is 0 Å². The monoisotopic (exact) mass is 232 g/mol. The third-order valence-corrected chi connectivity index (χ3v) is 2.28. The highest BCUT2D eigenvalue weighted by atomic mass is 16.2. The van der Waals surface area contributed by atoms with Gasteiger partial charge in [-0.2, -0.15) is 0 Å². The molecule has 0 bridgehead atoms. The van der Waals surface area contributed by atoms with Crippen LogP contribution in [0.4, 0.5) is 0 Å². The van der Waals surface area contributed by atoms with Crippen molar-refractivity contribution in [1.82, 2.24) is 19.9 Å². The van der Waals surface area contributed by atoms with E-state index < -0.39 is 0 Å². The van der Waals surface area contributed by atoms with Crippen molar-refractivity contribution in [2.24, 2.45) is 0 Å². The molecule has 0 saturated carbocycles. The zero-order valence-corrected chi connectivity index (χ0v) is 9.36. The standard InChI is InChI=1S/C11H12N4O2/c1-3-4-12-11(17)8-6-13-15-9(16)5-7(2)14-10(8)15/h3,5-6,13H,1,4H2,2H3,(H,12,17). The van der Waals surface area contributed by atoms with Gasteiger partial charge in [0.25, 0.3) is 11.5 Å². The van der Waals surface area contributed by atoms with Crippen molar-refractivity contribution in [3.63, 3.8) is 0 Å². The van der Waals surface area contributed by atoms with Crippen LogP contribution in [0.2, 0.25) is 0 Å². The van der Waals surface area contributed by atoms with E-state index in [2.05, 4.69) is 22.0 Å². The van der Waals surface area contributed by atoms with Crippen LogP contribution in [0.5, 0.6) is 0 Å². The number of H-pyrrole nitrogens is 1. The predicted molar refractivity (Wildman–Crippen MR) is 63.1 cm³/mol. The fraction of sp³-hybridized carbons (Fsp3) is 0.182. The van der Waals surface area contributed by atoms with Crippen LogP contribution >= 0.6 is 0 Å². The van der Waals surface area contributed by atoms with Gasteiger partial charge in [0.2, 0.25) is 0 Å². The summed E-state index contributed by atoms with van der Waals surface area (Å²) in [4.78, 5) is 27.5. The van der Waals surface area contributed by atoms with Crippen molar-refractivity contribution in [2.45, 2.75) is 6.92 Å². The maximum Gasteiger partial charge on any atom is 0.272 e. The van der Waals surface area contributed by atoms with E-state index in [1.807, 2.05) is 0 Å². The third-order valence-electron chi connectivity index (χ3n) is 2.28. The minimum Gasteiger partial charge on any atom is -0.348 e. The molecular weight excluding hydrogens is 220 g/mol. The van der Waals surface area contributed by atoms with Gasteiger partial charge >= 0.3 is 0 Å². The maximum atomic E-state index is 11.8. The van der Waals surface area contributed by atoms with Crippen LogP contribution in [-0.4, -0.2) is 27.0 Å². The minimum absolute atomic E-state index is 0.240. The number of aryl methyl sites for hydroxylation is 1. The van der Waals surface area contributed by atoms with E-state index in [0.717, 1.165) is 0 Å². The molecule has 6 heteroatoms. The molecule has 0 saturated heterocycles. The number of carbonyl (C=O) groups excluding carboxylic acids is 1. The van der Waals surface area contributed by atoms with Crippen LogP contribution in [0.25, 0.3) is 5.65 Å². The minimum atomic E-state index is -0.291. The predicted octanol–water partition coefficient (Wildman–Crippen LogP) is 0.247. The average molecular weight is 232 g/mol. The smallest absolute Gasteiger partial charge is 0.272 e. The quantitative estimate of drug-likeness (QED) is 0.744. The van der Waals surface area contributed by atoms with Gasteiger partial charge in [-0.25, -0.2) is 9.50 Å². The molecular formula is C11H12N4O2. The fourth-order valence-corrected chi connectivity index (χ4v) is 1.52. The van der Waals surface area contributed by atoms with E-state index in [0.29, 0.717) is 23.4 Å². The number of nitrogens with one attached hydrogen (secondary N) is 2. The zero-order valence-electron chi connectivity index (χ0n) is 9.36. The molecule has 2 heterocycles. The van der Waals surface area contributed by atoms with Crippen molar-refractivity contribution in [2.75, 3.05) is 6.54 Å². The Morgan fingerprint density at radius 3 is 3.18 bits per heavy atom. The van der Waals surface area contributed by atoms with Gasteiger partial charge < -0.3 is 5.32 Å². The Kier molecular flexibility index (Phi) is 2.78. The highest BCUT2D eigenvalue weighted by Crippen LogP contribution is 2.05. The lowest BCUT2D eigenvalue weighted by atomic mass is 10.3. The highest BCUT2D eigenvalue weighted by Gasteiger charge is 2.13. The van der Waals surface area contributed by atoms with E-state index in [1.165, 1.54) is 16.8 Å². The number of carbonyl (C=O) groups is 1. The van der Waals surface area contributed by atoms with Crippen LogP contribution in [0.1, 0.15) is 16.1 Å². The molecule has 0 fully saturated rings. The van der Waals surface area contributed by atoms with Crippen molar-refractivity contribution < 1.29 is 4.79 Å². The molecule has 0 aliphatic rings. The third kappa shape index (κ3) is 1.96. The molecule has 2 rings (SSSR count). The van der Waals surface area contributed by atoms with Crippen molar-refractivity contribution >= 4 is 11.6 Å². The summed E-state index contributed by atoms with van der Waals surface area (Å²) < 4.78 is 1.23. The lowest BCUT2D eigenvalue weighted by Gasteiger charge is -2.00. The molecule has 0 radical (unpaired) electrons. The van der Waals surface area contributed by atoms with Gasteiger partial charge in [0, 0.05) is 24.5 Å². The molecule has 0 aliphatic carbocycles. The Morgan fingerprint density at radius 2 is 2.47 bits per heavy atom. The van der Waals surface area contributed by atoms with E-state index in [1.54, 1.807) is 13.0 Å². The molecule has 17 heavy (non-hydrogen) atoms. The number of fused-ring (bicyclic) bond motifs is 1. The SMILES string of the molecule is C=CCNC(=O)c1c[nH]n2c(=O)cc(C)nc12. The summed E-state index contributed by atoms with van der Waals surface area (Å²) in [6, 6.07) is 1.40. The average Bonchev–Trinajstić information content (AvgIpc) is 2.69. The first kappa shape index (κ1) is 11.1. The number of hydrogen-bond donors (Lipinski definition) is 2. The summed E-state index contributed by atoms with van der Waals surface area (Å²) in [7, 11) is 0. The summed E-state index contributed by atoms with van der Waals surface area (Å²) in [6.45, 7) is 5.59. The van der Waals surface area contributed by atoms with Gasteiger partial charge in [0.1, 0.15) is 5.56 Å². The molecule has 6 nitrogen and oxygen atoms in total. The number of aromatic nitrogens is 3. The van der Waals surface area contributed by atoms with E-state index in [9.17, 15) is 9.59 Å². The number of nitrogens with zero attached hydrogens (tertiary/aromatic N) is 2. The molecule has 0 atom stereocenters. The van der Waals surface area contributed by atoms with Crippen LogP contribution in [-0.2, 0) is 0 Å². The molecule has 0 aliphatic heterocycles. The van der Waals surface area contributed by atoms with Gasteiger partial charge in [0.05, 0.1) is 0 Å². The summed E-state index contributed by atoms with van der Waals surface area (Å²) in [5.41, 5.74) is 1.01. The molecule has 88 valence electrons. The Balaban J connectivity index is 2.52. The van der Waals surface area contributed by atoms with Crippen LogP contribution in [0.15, 0.2) is 29.7 Å². The molecule has 2 N–H and O–H groups in total. The van der Waals surface area contributed by atoms with Gasteiger partial charge in [0.15, 0.2) is 5.65 Å². The van der Waals surface area contributed by atoms with Gasteiger partial charge in [-0.1, -0.05) is 6.08 Å². The van der Waals surface area contributed by atoms with Crippen molar-refractivity contribution in [3.05, 3.63) is 46.5 Å². The van der Waals surface area contributed by atoms with Crippen molar-refractivity contribution in [3.8, 4) is 0 Å². The van der Waals surface area contributed by atoms with Crippen molar-refractivity contribution in [1.29, 1.82) is 0 Å². The molecule has 2 aromatic rings. The lowest BCUT2D eigenvalue weighted by Crippen LogP contribution is -2.23. The first-order chi connectivity index (χ1) is 8.13. The summed E-state index contributed by atoms with van der Waals surface area (Å²) >= 11 is 0. The van der Waals surface area contributed by atoms with E-state index >= 15 is 0 Å². The molecule has 0 aromatic carbocycles. The Bertz CT molecular complexity index is 638. The molecule has 2 aromatic heterocycles. The number of amides is 1. The van der Waals surface area contributed by atoms with E-state index in [-0.39, 0.29) is 11.5 Å². The Labute approximate surface area is 97.0 Å². The van der Waals surface area contributed by atoms with Gasteiger partial charge in [-0.15, -0.1) is 6.58 Å². The molecule has 0 spiro atoms. The second kappa shape index (κ2) is 4.25. The molecule has 1 amide bonds. The lowest BCUT2D eigenvalue weighted by molar-refractivity contribution is 0.0959. The van der Waals surface area contributed by atoms with Crippen LogP contribution in [0, 0.1) is 6.92 Å². The van der Waals surface area contributed by atoms with Gasteiger partial charge in [-0.3, -0.25) is 14.7 Å². The Hall–Kier alpha value is -2.37. The molecule has 0 unspecified atom stereocenters. The summed E-state index contributed by atoms with van der Waals surface area (Å²) in [5, 5.41) is 5.33. The van der Waals surface area contributed by atoms with Crippen LogP contribution < -0.4 is 10.9 Å². The van der Waals surface area contributed by atoms with Crippen LogP contribution in [0.3, 0.4) is 0 Å². The first-order valence-corrected chi connectivity index (χ1v) is 5.10. The summed E-state index contributed by atoms with van der Waals surface area (Å²) in [5.74, 6) is -0.291. The first-order valence-electron chi connectivity index (χ1n) is 5.10. The highest BCUT2D eigenvalue weighted by molar-refractivity contribution is 5.99. The number of hydrogen-bond acceptors (Lipinski definition) is 3. The second-order valence-electron chi connectivity index (χ2n) is 3.58. The topological polar surface area (TPSA) is 79.3 Å². The normalized spacial score (nSPS) is 10.4. The largest absolute Gasteiger partial charge is 0.348 e. The fourth-order valence-electron chi connectivity index (χ4n) is 1.52. The second-order valence-corrected chi connectivity index (χ2v) is 3.58. The maximum absolute atomic E-state index is 11.8. The van der Waals surface area contributed by atoms with Gasteiger partial charge in [-0.05, 0) is 6.92 Å². The number of rotatable bonds is 3.